The van der Waals surface area contributed by atoms with Gasteiger partial charge < -0.3 is 15.0 Å². The molecule has 0 aliphatic carbocycles. The molecule has 0 aromatic heterocycles. The number of hydrogen-bond acceptors (Lipinski definition) is 3. The highest BCUT2D eigenvalue weighted by atomic mass is 16.6. The average molecular weight is 497 g/mol. The zero-order valence-corrected chi connectivity index (χ0v) is 23.2. The van der Waals surface area contributed by atoms with Crippen LogP contribution in [0.25, 0.3) is 0 Å². The molecule has 1 N–H and O–H groups in total. The van der Waals surface area contributed by atoms with Crippen LogP contribution in [0, 0.1) is 5.92 Å². The molecule has 1 saturated heterocycles. The Balaban J connectivity index is 1.93. The Morgan fingerprint density at radius 1 is 1.17 bits per heavy atom. The monoisotopic (exact) mass is 496 g/mol. The molecular weight excluding hydrogens is 448 g/mol. The van der Waals surface area contributed by atoms with Crippen molar-refractivity contribution in [1.29, 1.82) is 0 Å². The zero-order chi connectivity index (χ0) is 26.4. The van der Waals surface area contributed by atoms with Gasteiger partial charge in [0.25, 0.3) is 0 Å². The Labute approximate surface area is 219 Å². The Morgan fingerprint density at radius 3 is 2.58 bits per heavy atom. The van der Waals surface area contributed by atoms with Gasteiger partial charge in [-0.15, -0.1) is 0 Å². The van der Waals surface area contributed by atoms with E-state index in [9.17, 15) is 9.59 Å². The molecule has 0 radical (unpaired) electrons. The summed E-state index contributed by atoms with van der Waals surface area (Å²) < 4.78 is 5.54. The predicted molar refractivity (Wildman–Crippen MR) is 149 cm³/mol. The van der Waals surface area contributed by atoms with Gasteiger partial charge in [0, 0.05) is 19.1 Å². The number of amides is 2. The molecule has 1 aliphatic heterocycles. The van der Waals surface area contributed by atoms with Gasteiger partial charge in [-0.05, 0) is 91.0 Å². The van der Waals surface area contributed by atoms with Crippen molar-refractivity contribution in [1.82, 2.24) is 10.2 Å². The highest BCUT2D eigenvalue weighted by molar-refractivity contribution is 5.80. The Bertz CT molecular complexity index is 854. The Hall–Kier alpha value is -2.56. The number of carbonyl (C=O) groups excluding carboxylic acids is 2. The number of nitrogens with zero attached hydrogens (tertiary/aromatic N) is 1. The van der Waals surface area contributed by atoms with Gasteiger partial charge in [0.15, 0.2) is 0 Å². The van der Waals surface area contributed by atoms with Crippen LogP contribution < -0.4 is 5.32 Å². The molecule has 2 amide bonds. The predicted octanol–water partition coefficient (Wildman–Crippen LogP) is 7.22. The van der Waals surface area contributed by atoms with Crippen molar-refractivity contribution in [2.75, 3.05) is 13.1 Å². The number of rotatable bonds is 12. The lowest BCUT2D eigenvalue weighted by Crippen LogP contribution is -2.48. The molecule has 36 heavy (non-hydrogen) atoms. The maximum absolute atomic E-state index is 13.3. The minimum atomic E-state index is -0.533. The molecule has 1 aliphatic rings. The molecule has 200 valence electrons. The lowest BCUT2D eigenvalue weighted by Gasteiger charge is -2.34. The van der Waals surface area contributed by atoms with Crippen LogP contribution in [0.2, 0.25) is 0 Å². The fraction of sp³-hybridized carbons (Fsp3) is 0.613. The first-order valence-electron chi connectivity index (χ1n) is 13.8. The van der Waals surface area contributed by atoms with E-state index >= 15 is 0 Å². The first kappa shape index (κ1) is 29.7. The summed E-state index contributed by atoms with van der Waals surface area (Å²) in [5.41, 5.74) is 2.17. The van der Waals surface area contributed by atoms with E-state index in [2.05, 4.69) is 61.7 Å². The first-order valence-corrected chi connectivity index (χ1v) is 13.8. The normalized spacial score (nSPS) is 17.8. The maximum Gasteiger partial charge on any atom is 0.410 e. The number of hydrogen-bond donors (Lipinski definition) is 1. The van der Waals surface area contributed by atoms with Crippen molar-refractivity contribution < 1.29 is 14.3 Å². The van der Waals surface area contributed by atoms with E-state index in [1.54, 1.807) is 4.90 Å². The van der Waals surface area contributed by atoms with Gasteiger partial charge in [-0.2, -0.15) is 0 Å². The van der Waals surface area contributed by atoms with Crippen molar-refractivity contribution in [3.8, 4) is 0 Å². The van der Waals surface area contributed by atoms with Crippen molar-refractivity contribution >= 4 is 12.0 Å². The van der Waals surface area contributed by atoms with Crippen molar-refractivity contribution in [2.24, 2.45) is 5.92 Å². The van der Waals surface area contributed by atoms with Crippen LogP contribution in [0.4, 0.5) is 4.79 Å². The fourth-order valence-electron chi connectivity index (χ4n) is 4.57. The summed E-state index contributed by atoms with van der Waals surface area (Å²) in [5, 5.41) is 3.36. The molecule has 0 bridgehead atoms. The number of carbonyl (C=O) groups is 2. The lowest BCUT2D eigenvalue weighted by atomic mass is 9.95. The molecule has 1 aromatic carbocycles. The second-order valence-electron chi connectivity index (χ2n) is 11.1. The minimum Gasteiger partial charge on any atom is -0.444 e. The van der Waals surface area contributed by atoms with Crippen LogP contribution in [-0.2, 0) is 16.0 Å². The first-order chi connectivity index (χ1) is 17.2. The van der Waals surface area contributed by atoms with Crippen LogP contribution in [0.15, 0.2) is 54.1 Å². The molecular formula is C31H48N2O3. The van der Waals surface area contributed by atoms with E-state index in [0.29, 0.717) is 13.1 Å². The molecule has 5 heteroatoms. The van der Waals surface area contributed by atoms with Crippen molar-refractivity contribution in [3.63, 3.8) is 0 Å². The van der Waals surface area contributed by atoms with E-state index < -0.39 is 5.60 Å². The van der Waals surface area contributed by atoms with E-state index in [4.69, 9.17) is 4.74 Å². The molecule has 1 aromatic rings. The van der Waals surface area contributed by atoms with Gasteiger partial charge in [0.1, 0.15) is 5.60 Å². The third kappa shape index (κ3) is 11.9. The second kappa shape index (κ2) is 15.5. The summed E-state index contributed by atoms with van der Waals surface area (Å²) in [5.74, 6) is -0.102. The maximum atomic E-state index is 13.3. The highest BCUT2D eigenvalue weighted by Gasteiger charge is 2.31. The van der Waals surface area contributed by atoms with E-state index in [0.717, 1.165) is 57.8 Å². The lowest BCUT2D eigenvalue weighted by molar-refractivity contribution is -0.127. The number of nitrogens with one attached hydrogen (secondary N) is 1. The van der Waals surface area contributed by atoms with Crippen LogP contribution in [0.1, 0.15) is 91.5 Å². The number of likely N-dealkylation sites (tertiary alicyclic amines) is 1. The third-order valence-corrected chi connectivity index (χ3v) is 6.53. The van der Waals surface area contributed by atoms with E-state index in [-0.39, 0.29) is 24.0 Å². The average Bonchev–Trinajstić information content (AvgIpc) is 2.83. The summed E-state index contributed by atoms with van der Waals surface area (Å²) in [4.78, 5) is 27.5. The third-order valence-electron chi connectivity index (χ3n) is 6.53. The molecule has 1 heterocycles. The number of benzene rings is 1. The van der Waals surface area contributed by atoms with E-state index in [1.165, 1.54) is 11.1 Å². The molecule has 2 rings (SSSR count). The standard InChI is InChI=1S/C31H48N2O3/c1-6-7-9-15-25(2)16-12-21-28(22-13-19-26-17-10-8-11-18-26)32-29(34)27-20-14-23-33(24-27)30(35)36-31(3,4)5/h7-11,15,17-18,27-28H,6,12-14,16,19-24H2,1-5H3,(H,32,34)/b9-7-,25-15+. The molecule has 1 fully saturated rings. The van der Waals surface area contributed by atoms with Gasteiger partial charge in [-0.1, -0.05) is 61.1 Å². The molecule has 0 saturated carbocycles. The van der Waals surface area contributed by atoms with Crippen LogP contribution >= 0.6 is 0 Å². The fourth-order valence-corrected chi connectivity index (χ4v) is 4.57. The SMILES string of the molecule is CC/C=C\C=C(/C)CCCC(CCCc1ccccc1)NC(=O)C1CCCN(C(=O)OC(C)(C)C)C1. The second-order valence-corrected chi connectivity index (χ2v) is 11.1. The highest BCUT2D eigenvalue weighted by Crippen LogP contribution is 2.21. The number of ether oxygens (including phenoxy) is 1. The van der Waals surface area contributed by atoms with Crippen molar-refractivity contribution in [3.05, 3.63) is 59.7 Å². The Morgan fingerprint density at radius 2 is 1.89 bits per heavy atom. The molecule has 2 unspecified atom stereocenters. The molecule has 5 nitrogen and oxygen atoms in total. The van der Waals surface area contributed by atoms with Gasteiger partial charge in [-0.3, -0.25) is 4.79 Å². The summed E-state index contributed by atoms with van der Waals surface area (Å²) in [6.45, 7) is 11.0. The van der Waals surface area contributed by atoms with Crippen molar-refractivity contribution in [2.45, 2.75) is 104 Å². The minimum absolute atomic E-state index is 0.0751. The summed E-state index contributed by atoms with van der Waals surface area (Å²) >= 11 is 0. The molecule has 2 atom stereocenters. The number of aryl methyl sites for hydroxylation is 1. The van der Waals surface area contributed by atoms with Gasteiger partial charge in [0.05, 0.1) is 5.92 Å². The van der Waals surface area contributed by atoms with Gasteiger partial charge in [0.2, 0.25) is 5.91 Å². The summed E-state index contributed by atoms with van der Waals surface area (Å²) in [6, 6.07) is 10.7. The summed E-state index contributed by atoms with van der Waals surface area (Å²) in [6.07, 6.45) is 14.9. The molecule has 0 spiro atoms. The Kier molecular flexibility index (Phi) is 12.8. The van der Waals surface area contributed by atoms with Gasteiger partial charge >= 0.3 is 6.09 Å². The number of allylic oxidation sites excluding steroid dienone is 4. The van der Waals surface area contributed by atoms with E-state index in [1.807, 2.05) is 26.8 Å². The zero-order valence-electron chi connectivity index (χ0n) is 23.2. The van der Waals surface area contributed by atoms with Gasteiger partial charge in [-0.25, -0.2) is 4.79 Å². The smallest absolute Gasteiger partial charge is 0.410 e. The van der Waals surface area contributed by atoms with Crippen LogP contribution in [0.5, 0.6) is 0 Å². The summed E-state index contributed by atoms with van der Waals surface area (Å²) in [7, 11) is 0. The topological polar surface area (TPSA) is 58.6 Å². The van der Waals surface area contributed by atoms with Crippen LogP contribution in [0.3, 0.4) is 0 Å². The largest absolute Gasteiger partial charge is 0.444 e. The quantitative estimate of drug-likeness (QED) is 0.311. The number of piperidine rings is 1. The van der Waals surface area contributed by atoms with Crippen LogP contribution in [-0.4, -0.2) is 41.6 Å².